The lowest BCUT2D eigenvalue weighted by Crippen LogP contribution is -2.10. The first-order chi connectivity index (χ1) is 6.66. The number of aryl methyl sites for hydroxylation is 1. The van der Waals surface area contributed by atoms with E-state index in [0.29, 0.717) is 0 Å². The summed E-state index contributed by atoms with van der Waals surface area (Å²) in [6.07, 6.45) is 0. The first-order valence-corrected chi connectivity index (χ1v) is 4.58. The second-order valence-electron chi connectivity index (χ2n) is 3.56. The van der Waals surface area contributed by atoms with Crippen molar-refractivity contribution in [2.75, 3.05) is 19.0 Å². The maximum atomic E-state index is 4.45. The summed E-state index contributed by atoms with van der Waals surface area (Å²) in [5, 5.41) is 1.08. The Balaban J connectivity index is 2.63. The van der Waals surface area contributed by atoms with Crippen LogP contribution in [0.3, 0.4) is 0 Å². The molecule has 0 radical (unpaired) electrons. The zero-order valence-electron chi connectivity index (χ0n) is 8.65. The molecule has 0 N–H and O–H groups in total. The van der Waals surface area contributed by atoms with E-state index in [2.05, 4.69) is 9.97 Å². The first-order valence-electron chi connectivity index (χ1n) is 4.58. The van der Waals surface area contributed by atoms with Crippen molar-refractivity contribution < 1.29 is 0 Å². The molecule has 2 heterocycles. The van der Waals surface area contributed by atoms with Gasteiger partial charge in [0.05, 0.1) is 0 Å². The van der Waals surface area contributed by atoms with Crippen molar-refractivity contribution in [3.05, 3.63) is 30.0 Å². The average Bonchev–Trinajstić information content (AvgIpc) is 2.16. The monoisotopic (exact) mass is 187 g/mol. The molecule has 0 bridgehead atoms. The summed E-state index contributed by atoms with van der Waals surface area (Å²) >= 11 is 0. The number of hydrogen-bond acceptors (Lipinski definition) is 3. The summed E-state index contributed by atoms with van der Waals surface area (Å²) in [4.78, 5) is 10.8. The third-order valence-electron chi connectivity index (χ3n) is 2.14. The zero-order valence-corrected chi connectivity index (χ0v) is 8.65. The molecule has 0 spiro atoms. The molecule has 0 aliphatic rings. The van der Waals surface area contributed by atoms with Crippen LogP contribution in [-0.2, 0) is 0 Å². The van der Waals surface area contributed by atoms with Gasteiger partial charge in [0.15, 0.2) is 5.65 Å². The van der Waals surface area contributed by atoms with Crippen LogP contribution in [0.5, 0.6) is 0 Å². The fourth-order valence-electron chi connectivity index (χ4n) is 1.33. The number of anilines is 1. The van der Waals surface area contributed by atoms with Gasteiger partial charge in [-0.1, -0.05) is 0 Å². The van der Waals surface area contributed by atoms with E-state index in [1.807, 2.05) is 50.2 Å². The number of rotatable bonds is 1. The van der Waals surface area contributed by atoms with Crippen LogP contribution in [0, 0.1) is 6.92 Å². The molecule has 0 fully saturated rings. The SMILES string of the molecule is Cc1ccc2ccc(N(C)C)nc2n1. The van der Waals surface area contributed by atoms with Crippen LogP contribution in [0.1, 0.15) is 5.69 Å². The lowest BCUT2D eigenvalue weighted by molar-refractivity contribution is 1.07. The quantitative estimate of drug-likeness (QED) is 0.683. The maximum absolute atomic E-state index is 4.45. The molecule has 2 rings (SSSR count). The Hall–Kier alpha value is -1.64. The minimum Gasteiger partial charge on any atom is -0.363 e. The number of pyridine rings is 2. The van der Waals surface area contributed by atoms with Gasteiger partial charge in [0.25, 0.3) is 0 Å². The molecule has 72 valence electrons. The van der Waals surface area contributed by atoms with Crippen molar-refractivity contribution in [3.8, 4) is 0 Å². The molecule has 0 amide bonds. The van der Waals surface area contributed by atoms with Gasteiger partial charge in [0, 0.05) is 25.2 Å². The largest absolute Gasteiger partial charge is 0.363 e. The van der Waals surface area contributed by atoms with E-state index in [0.717, 1.165) is 22.5 Å². The van der Waals surface area contributed by atoms with Crippen LogP contribution in [0.25, 0.3) is 11.0 Å². The van der Waals surface area contributed by atoms with Crippen LogP contribution in [0.15, 0.2) is 24.3 Å². The Kier molecular flexibility index (Phi) is 2.08. The van der Waals surface area contributed by atoms with Crippen LogP contribution < -0.4 is 4.90 Å². The molecule has 3 nitrogen and oxygen atoms in total. The Labute approximate surface area is 83.4 Å². The number of aromatic nitrogens is 2. The highest BCUT2D eigenvalue weighted by Crippen LogP contribution is 2.14. The lowest BCUT2D eigenvalue weighted by Gasteiger charge is -2.11. The predicted molar refractivity (Wildman–Crippen MR) is 58.6 cm³/mol. The van der Waals surface area contributed by atoms with Crippen molar-refractivity contribution in [3.63, 3.8) is 0 Å². The maximum Gasteiger partial charge on any atom is 0.161 e. The average molecular weight is 187 g/mol. The molecule has 3 heteroatoms. The Morgan fingerprint density at radius 3 is 2.43 bits per heavy atom. The first kappa shape index (κ1) is 8.94. The second-order valence-corrected chi connectivity index (χ2v) is 3.56. The van der Waals surface area contributed by atoms with E-state index in [1.165, 1.54) is 0 Å². The molecule has 2 aromatic heterocycles. The van der Waals surface area contributed by atoms with E-state index in [4.69, 9.17) is 0 Å². The van der Waals surface area contributed by atoms with Crippen LogP contribution in [0.2, 0.25) is 0 Å². The van der Waals surface area contributed by atoms with Gasteiger partial charge >= 0.3 is 0 Å². The third-order valence-corrected chi connectivity index (χ3v) is 2.14. The van der Waals surface area contributed by atoms with Gasteiger partial charge < -0.3 is 4.90 Å². The summed E-state index contributed by atoms with van der Waals surface area (Å²) in [6, 6.07) is 8.09. The highest BCUT2D eigenvalue weighted by molar-refractivity contribution is 5.76. The lowest BCUT2D eigenvalue weighted by atomic mass is 10.2. The summed E-state index contributed by atoms with van der Waals surface area (Å²) in [5.74, 6) is 0.940. The van der Waals surface area contributed by atoms with Crippen LogP contribution in [0.4, 0.5) is 5.82 Å². The summed E-state index contributed by atoms with van der Waals surface area (Å²) < 4.78 is 0. The number of nitrogens with zero attached hydrogens (tertiary/aromatic N) is 3. The van der Waals surface area contributed by atoms with Gasteiger partial charge in [0.1, 0.15) is 5.82 Å². The third kappa shape index (κ3) is 1.53. The van der Waals surface area contributed by atoms with Gasteiger partial charge in [-0.2, -0.15) is 0 Å². The standard InChI is InChI=1S/C11H13N3/c1-8-4-5-9-6-7-10(14(2)3)13-11(9)12-8/h4-7H,1-3H3. The zero-order chi connectivity index (χ0) is 10.1. The molecule has 0 aromatic carbocycles. The van der Waals surface area contributed by atoms with Gasteiger partial charge in [0.2, 0.25) is 0 Å². The van der Waals surface area contributed by atoms with Crippen molar-refractivity contribution in [1.29, 1.82) is 0 Å². The van der Waals surface area contributed by atoms with E-state index in [-0.39, 0.29) is 0 Å². The van der Waals surface area contributed by atoms with Gasteiger partial charge in [-0.05, 0) is 31.2 Å². The molecule has 14 heavy (non-hydrogen) atoms. The Morgan fingerprint density at radius 2 is 1.71 bits per heavy atom. The molecule has 0 saturated carbocycles. The van der Waals surface area contributed by atoms with E-state index in [9.17, 15) is 0 Å². The van der Waals surface area contributed by atoms with Gasteiger partial charge in [-0.3, -0.25) is 0 Å². The Morgan fingerprint density at radius 1 is 1.00 bits per heavy atom. The molecule has 0 aliphatic heterocycles. The number of hydrogen-bond donors (Lipinski definition) is 0. The minimum atomic E-state index is 0.816. The highest BCUT2D eigenvalue weighted by atomic mass is 15.1. The van der Waals surface area contributed by atoms with Crippen molar-refractivity contribution in [1.82, 2.24) is 9.97 Å². The van der Waals surface area contributed by atoms with Crippen molar-refractivity contribution in [2.45, 2.75) is 6.92 Å². The molecule has 0 atom stereocenters. The summed E-state index contributed by atoms with van der Waals surface area (Å²) in [6.45, 7) is 1.98. The Bertz CT molecular complexity index is 463. The molecule has 0 unspecified atom stereocenters. The van der Waals surface area contributed by atoms with E-state index in [1.54, 1.807) is 0 Å². The molecular weight excluding hydrogens is 174 g/mol. The van der Waals surface area contributed by atoms with E-state index >= 15 is 0 Å². The van der Waals surface area contributed by atoms with Crippen molar-refractivity contribution >= 4 is 16.9 Å². The van der Waals surface area contributed by atoms with E-state index < -0.39 is 0 Å². The predicted octanol–water partition coefficient (Wildman–Crippen LogP) is 2.00. The van der Waals surface area contributed by atoms with Crippen LogP contribution in [-0.4, -0.2) is 24.1 Å². The van der Waals surface area contributed by atoms with Gasteiger partial charge in [-0.25, -0.2) is 9.97 Å². The molecular formula is C11H13N3. The molecule has 0 saturated heterocycles. The fraction of sp³-hybridized carbons (Fsp3) is 0.273. The topological polar surface area (TPSA) is 29.0 Å². The summed E-state index contributed by atoms with van der Waals surface area (Å²) in [7, 11) is 3.95. The molecule has 2 aromatic rings. The fourth-order valence-corrected chi connectivity index (χ4v) is 1.33. The van der Waals surface area contributed by atoms with Crippen LogP contribution >= 0.6 is 0 Å². The normalized spacial score (nSPS) is 10.5. The van der Waals surface area contributed by atoms with Gasteiger partial charge in [-0.15, -0.1) is 0 Å². The summed E-state index contributed by atoms with van der Waals surface area (Å²) in [5.41, 5.74) is 1.82. The number of fused-ring (bicyclic) bond motifs is 1. The van der Waals surface area contributed by atoms with Crippen molar-refractivity contribution in [2.24, 2.45) is 0 Å². The smallest absolute Gasteiger partial charge is 0.161 e. The highest BCUT2D eigenvalue weighted by Gasteiger charge is 2.00. The minimum absolute atomic E-state index is 0.816. The molecule has 0 aliphatic carbocycles. The second kappa shape index (κ2) is 3.25.